The summed E-state index contributed by atoms with van der Waals surface area (Å²) >= 11 is 1.31. The van der Waals surface area contributed by atoms with Crippen LogP contribution in [0.15, 0.2) is 53.3 Å². The first-order valence-electron chi connectivity index (χ1n) is 7.66. The molecule has 1 amide bonds. The first kappa shape index (κ1) is 16.3. The maximum atomic E-state index is 12.2. The van der Waals surface area contributed by atoms with Crippen molar-refractivity contribution in [3.8, 4) is 5.75 Å². The smallest absolute Gasteiger partial charge is 0.268 e. The fourth-order valence-electron chi connectivity index (χ4n) is 2.55. The van der Waals surface area contributed by atoms with E-state index in [9.17, 15) is 9.59 Å². The van der Waals surface area contributed by atoms with Crippen molar-refractivity contribution in [2.45, 2.75) is 13.0 Å². The molecule has 2 aromatic carbocycles. The molecule has 3 rings (SSSR count). The maximum absolute atomic E-state index is 12.2. The second kappa shape index (κ2) is 7.31. The summed E-state index contributed by atoms with van der Waals surface area (Å²) in [6.45, 7) is 0.545. The topological polar surface area (TPSA) is 60.3 Å². The van der Waals surface area contributed by atoms with Gasteiger partial charge in [0.1, 0.15) is 12.3 Å². The Bertz CT molecular complexity index is 914. The molecule has 0 saturated carbocycles. The van der Waals surface area contributed by atoms with Gasteiger partial charge in [0.2, 0.25) is 5.91 Å². The van der Waals surface area contributed by atoms with Gasteiger partial charge in [0.25, 0.3) is 5.56 Å². The molecule has 1 aromatic heterocycles. The van der Waals surface area contributed by atoms with E-state index in [0.29, 0.717) is 18.4 Å². The number of para-hydroxylation sites is 1. The zero-order valence-corrected chi connectivity index (χ0v) is 14.1. The Morgan fingerprint density at radius 2 is 1.92 bits per heavy atom. The van der Waals surface area contributed by atoms with E-state index >= 15 is 0 Å². The maximum Gasteiger partial charge on any atom is 0.268 e. The van der Waals surface area contributed by atoms with Gasteiger partial charge in [-0.1, -0.05) is 41.9 Å². The second-order valence-corrected chi connectivity index (χ2v) is 6.40. The SMILES string of the molecule is COc1ccccc1CCNC(=O)Cn1sc2ccccc2c1=O. The van der Waals surface area contributed by atoms with Crippen LogP contribution in [0.1, 0.15) is 5.56 Å². The molecule has 124 valence electrons. The lowest BCUT2D eigenvalue weighted by Crippen LogP contribution is -2.31. The molecule has 6 heteroatoms. The number of methoxy groups -OCH3 is 1. The predicted molar refractivity (Wildman–Crippen MR) is 95.8 cm³/mol. The standard InChI is InChI=1S/C18H18N2O3S/c1-23-15-8-4-2-6-13(15)10-11-19-17(21)12-20-18(22)14-7-3-5-9-16(14)24-20/h2-9H,10-12H2,1H3,(H,19,21). The van der Waals surface area contributed by atoms with Crippen LogP contribution in [-0.2, 0) is 17.8 Å². The van der Waals surface area contributed by atoms with Crippen LogP contribution in [0.5, 0.6) is 5.75 Å². The average Bonchev–Trinajstić information content (AvgIpc) is 2.91. The third-order valence-electron chi connectivity index (χ3n) is 3.75. The fourth-order valence-corrected chi connectivity index (χ4v) is 3.55. The molecule has 1 heterocycles. The van der Waals surface area contributed by atoms with Crippen molar-refractivity contribution in [1.82, 2.24) is 9.27 Å². The number of benzene rings is 2. The zero-order valence-electron chi connectivity index (χ0n) is 13.3. The monoisotopic (exact) mass is 342 g/mol. The summed E-state index contributed by atoms with van der Waals surface area (Å²) in [5.41, 5.74) is 0.926. The van der Waals surface area contributed by atoms with E-state index < -0.39 is 0 Å². The number of nitrogens with zero attached hydrogens (tertiary/aromatic N) is 1. The summed E-state index contributed by atoms with van der Waals surface area (Å²) in [6.07, 6.45) is 0.678. The quantitative estimate of drug-likeness (QED) is 0.748. The molecule has 0 aliphatic heterocycles. The van der Waals surface area contributed by atoms with Crippen LogP contribution >= 0.6 is 11.5 Å². The largest absolute Gasteiger partial charge is 0.496 e. The van der Waals surface area contributed by atoms with Crippen LogP contribution in [-0.4, -0.2) is 23.5 Å². The summed E-state index contributed by atoms with van der Waals surface area (Å²) in [6, 6.07) is 15.1. The number of ether oxygens (including phenoxy) is 1. The van der Waals surface area contributed by atoms with Crippen LogP contribution in [0.3, 0.4) is 0 Å². The van der Waals surface area contributed by atoms with Gasteiger partial charge >= 0.3 is 0 Å². The summed E-state index contributed by atoms with van der Waals surface area (Å²) in [5, 5.41) is 3.51. The van der Waals surface area contributed by atoms with Crippen molar-refractivity contribution in [3.05, 3.63) is 64.4 Å². The van der Waals surface area contributed by atoms with Gasteiger partial charge in [-0.3, -0.25) is 13.5 Å². The average molecular weight is 342 g/mol. The number of carbonyl (C=O) groups excluding carboxylic acids is 1. The molecule has 5 nitrogen and oxygen atoms in total. The van der Waals surface area contributed by atoms with E-state index in [1.807, 2.05) is 42.5 Å². The lowest BCUT2D eigenvalue weighted by molar-refractivity contribution is -0.121. The van der Waals surface area contributed by atoms with E-state index in [1.54, 1.807) is 13.2 Å². The van der Waals surface area contributed by atoms with Crippen LogP contribution in [0.4, 0.5) is 0 Å². The van der Waals surface area contributed by atoms with Crippen molar-refractivity contribution in [3.63, 3.8) is 0 Å². The van der Waals surface area contributed by atoms with Gasteiger partial charge in [0.05, 0.1) is 17.2 Å². The third kappa shape index (κ3) is 3.49. The lowest BCUT2D eigenvalue weighted by atomic mass is 10.1. The summed E-state index contributed by atoms with van der Waals surface area (Å²) < 4.78 is 7.67. The molecule has 0 fully saturated rings. The van der Waals surface area contributed by atoms with Crippen molar-refractivity contribution >= 4 is 27.5 Å². The molecular formula is C18H18N2O3S. The Morgan fingerprint density at radius 3 is 2.71 bits per heavy atom. The Balaban J connectivity index is 1.59. The van der Waals surface area contributed by atoms with E-state index in [4.69, 9.17) is 4.74 Å². The fraction of sp³-hybridized carbons (Fsp3) is 0.222. The van der Waals surface area contributed by atoms with Gasteiger partial charge in [-0.05, 0) is 30.2 Å². The Morgan fingerprint density at radius 1 is 1.17 bits per heavy atom. The van der Waals surface area contributed by atoms with Crippen LogP contribution in [0.2, 0.25) is 0 Å². The Labute approximate surface area is 143 Å². The van der Waals surface area contributed by atoms with Crippen LogP contribution in [0.25, 0.3) is 10.1 Å². The first-order valence-corrected chi connectivity index (χ1v) is 8.44. The molecule has 0 aliphatic rings. The highest BCUT2D eigenvalue weighted by molar-refractivity contribution is 7.13. The van der Waals surface area contributed by atoms with Gasteiger partial charge in [-0.15, -0.1) is 0 Å². The van der Waals surface area contributed by atoms with Gasteiger partial charge in [0.15, 0.2) is 0 Å². The normalized spacial score (nSPS) is 10.7. The molecule has 0 spiro atoms. The Kier molecular flexibility index (Phi) is 4.96. The molecule has 24 heavy (non-hydrogen) atoms. The highest BCUT2D eigenvalue weighted by Crippen LogP contribution is 2.17. The number of aromatic nitrogens is 1. The summed E-state index contributed by atoms with van der Waals surface area (Å²) in [5.74, 6) is 0.644. The number of hydrogen-bond donors (Lipinski definition) is 1. The third-order valence-corrected chi connectivity index (χ3v) is 4.82. The molecule has 1 N–H and O–H groups in total. The van der Waals surface area contributed by atoms with Gasteiger partial charge in [-0.25, -0.2) is 0 Å². The minimum atomic E-state index is -0.168. The number of carbonyl (C=O) groups is 1. The van der Waals surface area contributed by atoms with E-state index in [2.05, 4.69) is 5.32 Å². The van der Waals surface area contributed by atoms with Crippen LogP contribution in [0, 0.1) is 0 Å². The minimum Gasteiger partial charge on any atom is -0.496 e. The van der Waals surface area contributed by atoms with Crippen molar-refractivity contribution in [2.24, 2.45) is 0 Å². The molecule has 0 radical (unpaired) electrons. The highest BCUT2D eigenvalue weighted by Gasteiger charge is 2.10. The van der Waals surface area contributed by atoms with Crippen LogP contribution < -0.4 is 15.6 Å². The highest BCUT2D eigenvalue weighted by atomic mass is 32.1. The number of fused-ring (bicyclic) bond motifs is 1. The number of amides is 1. The Hall–Kier alpha value is -2.60. The van der Waals surface area contributed by atoms with E-state index in [1.165, 1.54) is 15.5 Å². The first-order chi connectivity index (χ1) is 11.7. The predicted octanol–water partition coefficient (Wildman–Crippen LogP) is 2.43. The van der Waals surface area contributed by atoms with Crippen molar-refractivity contribution < 1.29 is 9.53 Å². The second-order valence-electron chi connectivity index (χ2n) is 5.34. The van der Waals surface area contributed by atoms with E-state index in [0.717, 1.165) is 16.0 Å². The molecule has 0 bridgehead atoms. The van der Waals surface area contributed by atoms with Crippen molar-refractivity contribution in [1.29, 1.82) is 0 Å². The van der Waals surface area contributed by atoms with Gasteiger partial charge in [-0.2, -0.15) is 0 Å². The summed E-state index contributed by atoms with van der Waals surface area (Å²) in [7, 11) is 1.63. The van der Waals surface area contributed by atoms with E-state index in [-0.39, 0.29) is 18.0 Å². The molecule has 0 unspecified atom stereocenters. The lowest BCUT2D eigenvalue weighted by Gasteiger charge is -2.09. The minimum absolute atomic E-state index is 0.0457. The molecule has 0 aliphatic carbocycles. The molecule has 0 atom stereocenters. The number of nitrogens with one attached hydrogen (secondary N) is 1. The van der Waals surface area contributed by atoms with Gasteiger partial charge in [0, 0.05) is 6.54 Å². The van der Waals surface area contributed by atoms with Crippen molar-refractivity contribution in [2.75, 3.05) is 13.7 Å². The summed E-state index contributed by atoms with van der Waals surface area (Å²) in [4.78, 5) is 24.3. The molecule has 3 aromatic rings. The van der Waals surface area contributed by atoms with Gasteiger partial charge < -0.3 is 10.1 Å². The zero-order chi connectivity index (χ0) is 16.9. The number of rotatable bonds is 6. The molecular weight excluding hydrogens is 324 g/mol. The molecule has 0 saturated heterocycles. The number of hydrogen-bond acceptors (Lipinski definition) is 4.